The van der Waals surface area contributed by atoms with Gasteiger partial charge in [-0.15, -0.1) is 0 Å². The number of hydrogen-bond donors (Lipinski definition) is 0. The van der Waals surface area contributed by atoms with Gasteiger partial charge in [0.05, 0.1) is 18.5 Å². The summed E-state index contributed by atoms with van der Waals surface area (Å²) in [6.07, 6.45) is 2.08. The number of imidazole rings is 1. The van der Waals surface area contributed by atoms with E-state index in [4.69, 9.17) is 4.74 Å². The molecule has 0 unspecified atom stereocenters. The fourth-order valence-electron chi connectivity index (χ4n) is 1.50. The molecule has 0 saturated carbocycles. The second kappa shape index (κ2) is 4.14. The van der Waals surface area contributed by atoms with Gasteiger partial charge < -0.3 is 4.74 Å². The molecular formula is C11H10N2O3. The Kier molecular flexibility index (Phi) is 2.68. The molecule has 0 bridgehead atoms. The largest absolute Gasteiger partial charge is 0.461 e. The molecule has 0 radical (unpaired) electrons. The van der Waals surface area contributed by atoms with Gasteiger partial charge in [-0.1, -0.05) is 6.07 Å². The van der Waals surface area contributed by atoms with Gasteiger partial charge in [0.1, 0.15) is 5.65 Å². The number of carbonyl (C=O) groups is 2. The van der Waals surface area contributed by atoms with Crippen molar-refractivity contribution >= 4 is 17.9 Å². The maximum Gasteiger partial charge on any atom is 0.356 e. The summed E-state index contributed by atoms with van der Waals surface area (Å²) in [5, 5.41) is 0. The quantitative estimate of drug-likeness (QED) is 0.576. The Morgan fingerprint density at radius 1 is 1.56 bits per heavy atom. The van der Waals surface area contributed by atoms with E-state index in [2.05, 4.69) is 4.98 Å². The number of carbonyl (C=O) groups excluding carboxylic acids is 2. The number of hydrogen-bond acceptors (Lipinski definition) is 4. The zero-order valence-electron chi connectivity index (χ0n) is 8.71. The highest BCUT2D eigenvalue weighted by molar-refractivity contribution is 5.90. The molecule has 16 heavy (non-hydrogen) atoms. The van der Waals surface area contributed by atoms with E-state index in [1.54, 1.807) is 25.1 Å². The predicted octanol–water partition coefficient (Wildman–Crippen LogP) is 1.32. The van der Waals surface area contributed by atoms with E-state index in [1.807, 2.05) is 0 Å². The Morgan fingerprint density at radius 3 is 3.06 bits per heavy atom. The summed E-state index contributed by atoms with van der Waals surface area (Å²) in [5.41, 5.74) is 1.19. The molecule has 82 valence electrons. The highest BCUT2D eigenvalue weighted by Crippen LogP contribution is 2.10. The third kappa shape index (κ3) is 1.56. The Morgan fingerprint density at radius 2 is 2.38 bits per heavy atom. The van der Waals surface area contributed by atoms with E-state index < -0.39 is 5.97 Å². The van der Waals surface area contributed by atoms with E-state index >= 15 is 0 Å². The Balaban J connectivity index is 2.62. The van der Waals surface area contributed by atoms with Gasteiger partial charge in [-0.05, 0) is 19.1 Å². The third-order valence-electron chi connectivity index (χ3n) is 2.16. The Bertz CT molecular complexity index is 545. The first-order chi connectivity index (χ1) is 7.77. The van der Waals surface area contributed by atoms with Crippen molar-refractivity contribution in [1.82, 2.24) is 9.38 Å². The molecule has 0 amide bonds. The van der Waals surface area contributed by atoms with Crippen LogP contribution >= 0.6 is 0 Å². The normalized spacial score (nSPS) is 10.3. The van der Waals surface area contributed by atoms with Crippen molar-refractivity contribution in [1.29, 1.82) is 0 Å². The van der Waals surface area contributed by atoms with Crippen LogP contribution in [0.5, 0.6) is 0 Å². The molecule has 0 atom stereocenters. The Hall–Kier alpha value is -2.17. The average Bonchev–Trinajstić information content (AvgIpc) is 2.72. The van der Waals surface area contributed by atoms with Crippen LogP contribution in [0.2, 0.25) is 0 Å². The van der Waals surface area contributed by atoms with Crippen molar-refractivity contribution in [2.24, 2.45) is 0 Å². The summed E-state index contributed by atoms with van der Waals surface area (Å²) in [7, 11) is 0. The maximum absolute atomic E-state index is 11.6. The summed E-state index contributed by atoms with van der Waals surface area (Å²) in [6, 6.07) is 5.04. The van der Waals surface area contributed by atoms with Gasteiger partial charge >= 0.3 is 5.97 Å². The molecular weight excluding hydrogens is 208 g/mol. The van der Waals surface area contributed by atoms with Crippen LogP contribution in [0.25, 0.3) is 5.65 Å². The molecule has 2 rings (SSSR count). The highest BCUT2D eigenvalue weighted by atomic mass is 16.5. The molecule has 0 aliphatic carbocycles. The fourth-order valence-corrected chi connectivity index (χ4v) is 1.50. The molecule has 0 N–H and O–H groups in total. The second-order valence-electron chi connectivity index (χ2n) is 3.13. The van der Waals surface area contributed by atoms with Gasteiger partial charge in [-0.3, -0.25) is 9.20 Å². The molecule has 0 aromatic carbocycles. The van der Waals surface area contributed by atoms with Crippen molar-refractivity contribution in [2.75, 3.05) is 6.61 Å². The third-order valence-corrected chi connectivity index (χ3v) is 2.16. The lowest BCUT2D eigenvalue weighted by Crippen LogP contribution is -2.10. The average molecular weight is 218 g/mol. The Labute approximate surface area is 91.7 Å². The topological polar surface area (TPSA) is 60.7 Å². The fraction of sp³-hybridized carbons (Fsp3) is 0.182. The van der Waals surface area contributed by atoms with E-state index in [0.717, 1.165) is 0 Å². The minimum Gasteiger partial charge on any atom is -0.461 e. The summed E-state index contributed by atoms with van der Waals surface area (Å²) in [6.45, 7) is 2.01. The molecule has 0 aliphatic rings. The molecule has 5 heteroatoms. The number of fused-ring (bicyclic) bond motifs is 1. The summed E-state index contributed by atoms with van der Waals surface area (Å²) < 4.78 is 6.36. The number of rotatable bonds is 3. The van der Waals surface area contributed by atoms with E-state index in [1.165, 1.54) is 10.6 Å². The number of pyridine rings is 1. The number of nitrogens with zero attached hydrogens (tertiary/aromatic N) is 2. The van der Waals surface area contributed by atoms with Crippen molar-refractivity contribution < 1.29 is 14.3 Å². The predicted molar refractivity (Wildman–Crippen MR) is 56.5 cm³/mol. The monoisotopic (exact) mass is 218 g/mol. The first-order valence-electron chi connectivity index (χ1n) is 4.86. The smallest absolute Gasteiger partial charge is 0.356 e. The van der Waals surface area contributed by atoms with Crippen LogP contribution in [0, 0.1) is 0 Å². The molecule has 5 nitrogen and oxygen atoms in total. The molecule has 0 aliphatic heterocycles. The first-order valence-corrected chi connectivity index (χ1v) is 4.86. The number of aromatic nitrogens is 2. The zero-order valence-corrected chi connectivity index (χ0v) is 8.71. The van der Waals surface area contributed by atoms with Crippen LogP contribution in [0.1, 0.15) is 27.9 Å². The summed E-state index contributed by atoms with van der Waals surface area (Å²) in [5.74, 6) is -0.482. The van der Waals surface area contributed by atoms with E-state index in [-0.39, 0.29) is 12.3 Å². The van der Waals surface area contributed by atoms with Crippen molar-refractivity contribution in [3.05, 3.63) is 35.8 Å². The van der Waals surface area contributed by atoms with Gasteiger partial charge in [-0.25, -0.2) is 9.78 Å². The lowest BCUT2D eigenvalue weighted by molar-refractivity contribution is 0.0518. The summed E-state index contributed by atoms with van der Waals surface area (Å²) >= 11 is 0. The number of ether oxygens (including phenoxy) is 1. The minimum absolute atomic E-state index is 0.263. The second-order valence-corrected chi connectivity index (χ2v) is 3.13. The van der Waals surface area contributed by atoms with Crippen molar-refractivity contribution in [3.8, 4) is 0 Å². The van der Waals surface area contributed by atoms with Crippen molar-refractivity contribution in [3.63, 3.8) is 0 Å². The maximum atomic E-state index is 11.6. The lowest BCUT2D eigenvalue weighted by atomic mass is 10.3. The number of aldehydes is 1. The SMILES string of the molecule is CCOC(=O)c1cnc2cccc(C=O)n12. The standard InChI is InChI=1S/C11H10N2O3/c1-2-16-11(15)9-6-12-10-5-3-4-8(7-14)13(9)10/h3-7H,2H2,1H3. The molecule has 2 heterocycles. The van der Waals surface area contributed by atoms with E-state index in [9.17, 15) is 9.59 Å². The van der Waals surface area contributed by atoms with Crippen LogP contribution in [-0.4, -0.2) is 28.2 Å². The lowest BCUT2D eigenvalue weighted by Gasteiger charge is -2.03. The number of esters is 1. The van der Waals surface area contributed by atoms with E-state index in [0.29, 0.717) is 17.6 Å². The zero-order chi connectivity index (χ0) is 11.5. The van der Waals surface area contributed by atoms with Gasteiger partial charge in [-0.2, -0.15) is 0 Å². The van der Waals surface area contributed by atoms with Crippen LogP contribution in [0.4, 0.5) is 0 Å². The van der Waals surface area contributed by atoms with Gasteiger partial charge in [0.2, 0.25) is 0 Å². The molecule has 0 fully saturated rings. The van der Waals surface area contributed by atoms with Crippen LogP contribution in [0.15, 0.2) is 24.4 Å². The van der Waals surface area contributed by atoms with Gasteiger partial charge in [0, 0.05) is 0 Å². The first kappa shape index (κ1) is 10.4. The highest BCUT2D eigenvalue weighted by Gasteiger charge is 2.14. The van der Waals surface area contributed by atoms with Gasteiger partial charge in [0.15, 0.2) is 12.0 Å². The molecule has 2 aromatic rings. The van der Waals surface area contributed by atoms with Crippen LogP contribution < -0.4 is 0 Å². The van der Waals surface area contributed by atoms with Crippen LogP contribution in [0.3, 0.4) is 0 Å². The molecule has 2 aromatic heterocycles. The molecule has 0 spiro atoms. The van der Waals surface area contributed by atoms with Gasteiger partial charge in [0.25, 0.3) is 0 Å². The summed E-state index contributed by atoms with van der Waals surface area (Å²) in [4.78, 5) is 26.5. The van der Waals surface area contributed by atoms with Crippen molar-refractivity contribution in [2.45, 2.75) is 6.92 Å². The minimum atomic E-state index is -0.482. The van der Waals surface area contributed by atoms with Crippen LogP contribution in [-0.2, 0) is 4.74 Å². The molecule has 0 saturated heterocycles.